The molecule has 2 nitrogen and oxygen atoms in total. The molecular weight excluding hydrogens is 508 g/mol. The van der Waals surface area contributed by atoms with Crippen molar-refractivity contribution in [2.75, 3.05) is 0 Å². The summed E-state index contributed by atoms with van der Waals surface area (Å²) in [5.41, 5.74) is 10.6. The zero-order valence-electron chi connectivity index (χ0n) is 23.6. The van der Waals surface area contributed by atoms with E-state index in [0.29, 0.717) is 11.8 Å². The summed E-state index contributed by atoms with van der Waals surface area (Å²) in [6, 6.07) is 31.9. The van der Waals surface area contributed by atoms with Crippen molar-refractivity contribution in [3.05, 3.63) is 145 Å². The molecule has 0 fully saturated rings. The number of benzene rings is 4. The summed E-state index contributed by atoms with van der Waals surface area (Å²) >= 11 is 0. The van der Waals surface area contributed by atoms with Crippen LogP contribution in [0, 0.1) is 5.92 Å². The molecule has 6 aromatic rings. The Morgan fingerprint density at radius 1 is 0.619 bits per heavy atom. The van der Waals surface area contributed by atoms with Crippen LogP contribution >= 0.6 is 0 Å². The predicted octanol–water partition coefficient (Wildman–Crippen LogP) is 10.6. The molecule has 2 unspecified atom stereocenters. The summed E-state index contributed by atoms with van der Waals surface area (Å²) in [4.78, 5) is 0. The minimum atomic E-state index is 0.456. The third kappa shape index (κ3) is 3.51. The molecule has 0 radical (unpaired) electrons. The number of para-hydroxylation sites is 2. The Morgan fingerprint density at radius 3 is 2.07 bits per heavy atom. The van der Waals surface area contributed by atoms with Crippen molar-refractivity contribution < 1.29 is 0 Å². The molecule has 0 aliphatic heterocycles. The highest BCUT2D eigenvalue weighted by Gasteiger charge is 2.25. The van der Waals surface area contributed by atoms with Gasteiger partial charge in [0, 0.05) is 38.8 Å². The Balaban J connectivity index is 1.29. The van der Waals surface area contributed by atoms with Gasteiger partial charge in [-0.3, -0.25) is 0 Å². The number of fused-ring (bicyclic) bond motifs is 8. The topological polar surface area (TPSA) is 9.86 Å². The second kappa shape index (κ2) is 9.36. The number of allylic oxidation sites excluding steroid dienone is 10. The lowest BCUT2D eigenvalue weighted by Crippen LogP contribution is -2.12. The van der Waals surface area contributed by atoms with E-state index in [9.17, 15) is 0 Å². The third-order valence-electron chi connectivity index (χ3n) is 9.71. The maximum Gasteiger partial charge on any atom is 0.0548 e. The summed E-state index contributed by atoms with van der Waals surface area (Å²) in [7, 11) is 0. The van der Waals surface area contributed by atoms with Crippen LogP contribution in [0.3, 0.4) is 0 Å². The van der Waals surface area contributed by atoms with E-state index < -0.39 is 0 Å². The first-order valence-electron chi connectivity index (χ1n) is 15.3. The normalized spacial score (nSPS) is 20.0. The SMILES string of the molecule is C1=CCC(c2ccc(-n3c4ccccc4c4c5c6ccccc6n(C6=CC=C7C=CCCC7C6)c5ccc43)cc2)C=C1. The fourth-order valence-corrected chi connectivity index (χ4v) is 7.71. The van der Waals surface area contributed by atoms with Crippen molar-refractivity contribution in [2.24, 2.45) is 5.92 Å². The van der Waals surface area contributed by atoms with E-state index in [1.807, 2.05) is 0 Å². The van der Waals surface area contributed by atoms with Gasteiger partial charge in [0.15, 0.2) is 0 Å². The average Bonchev–Trinajstić information content (AvgIpc) is 3.58. The van der Waals surface area contributed by atoms with E-state index in [1.165, 1.54) is 79.0 Å². The van der Waals surface area contributed by atoms with Gasteiger partial charge >= 0.3 is 0 Å². The zero-order valence-corrected chi connectivity index (χ0v) is 23.6. The van der Waals surface area contributed by atoms with Crippen LogP contribution < -0.4 is 0 Å². The minimum Gasteiger partial charge on any atom is -0.313 e. The third-order valence-corrected chi connectivity index (χ3v) is 9.71. The molecule has 0 bridgehead atoms. The first kappa shape index (κ1) is 23.8. The first-order chi connectivity index (χ1) is 20.8. The molecule has 0 saturated heterocycles. The van der Waals surface area contributed by atoms with Crippen LogP contribution in [0.1, 0.15) is 37.2 Å². The molecule has 2 heteroatoms. The van der Waals surface area contributed by atoms with Gasteiger partial charge in [-0.1, -0.05) is 91.1 Å². The summed E-state index contributed by atoms with van der Waals surface area (Å²) in [6.07, 6.45) is 22.8. The lowest BCUT2D eigenvalue weighted by Gasteiger charge is -2.27. The molecule has 42 heavy (non-hydrogen) atoms. The Morgan fingerprint density at radius 2 is 1.33 bits per heavy atom. The number of aromatic nitrogens is 2. The molecule has 2 atom stereocenters. The van der Waals surface area contributed by atoms with Gasteiger partial charge in [-0.2, -0.15) is 0 Å². The largest absolute Gasteiger partial charge is 0.313 e. The number of rotatable bonds is 3. The van der Waals surface area contributed by atoms with E-state index in [0.717, 1.165) is 12.8 Å². The van der Waals surface area contributed by atoms with E-state index in [4.69, 9.17) is 0 Å². The van der Waals surface area contributed by atoms with Gasteiger partial charge in [-0.25, -0.2) is 0 Å². The van der Waals surface area contributed by atoms with E-state index in [-0.39, 0.29) is 0 Å². The Hall–Kier alpha value is -4.82. The number of hydrogen-bond donors (Lipinski definition) is 0. The highest BCUT2D eigenvalue weighted by molar-refractivity contribution is 6.29. The zero-order chi connectivity index (χ0) is 27.6. The Kier molecular flexibility index (Phi) is 5.31. The van der Waals surface area contributed by atoms with Crippen molar-refractivity contribution in [1.82, 2.24) is 9.13 Å². The van der Waals surface area contributed by atoms with Gasteiger partial charge in [0.05, 0.1) is 22.1 Å². The monoisotopic (exact) mass is 540 g/mol. The van der Waals surface area contributed by atoms with Crippen LogP contribution in [0.2, 0.25) is 0 Å². The smallest absolute Gasteiger partial charge is 0.0548 e. The maximum atomic E-state index is 2.54. The number of hydrogen-bond acceptors (Lipinski definition) is 0. The first-order valence-corrected chi connectivity index (χ1v) is 15.3. The van der Waals surface area contributed by atoms with Gasteiger partial charge in [0.1, 0.15) is 0 Å². The van der Waals surface area contributed by atoms with Gasteiger partial charge < -0.3 is 9.13 Å². The Labute approximate surface area is 245 Å². The standard InChI is InChI=1S/C40H32N2/c1-2-10-27(11-3-1)29-18-21-31(22-19-29)41-35-16-8-6-14-33(35)39-37(41)24-25-38-40(39)34-15-7-9-17-36(34)42(38)32-23-20-28-12-4-5-13-30(28)26-32/h1-4,6-10,12,14-25,27,30H,5,11,13,26H2. The van der Waals surface area contributed by atoms with E-state index in [1.54, 1.807) is 0 Å². The van der Waals surface area contributed by atoms with Gasteiger partial charge in [-0.15, -0.1) is 0 Å². The van der Waals surface area contributed by atoms with Gasteiger partial charge in [-0.05, 0) is 85.2 Å². The molecule has 4 aromatic carbocycles. The molecular formula is C40H32N2. The quantitative estimate of drug-likeness (QED) is 0.211. The molecule has 202 valence electrons. The van der Waals surface area contributed by atoms with Gasteiger partial charge in [0.2, 0.25) is 0 Å². The van der Waals surface area contributed by atoms with Crippen LogP contribution in [0.4, 0.5) is 0 Å². The van der Waals surface area contributed by atoms with Crippen molar-refractivity contribution >= 4 is 49.3 Å². The molecule has 0 N–H and O–H groups in total. The van der Waals surface area contributed by atoms with Gasteiger partial charge in [0.25, 0.3) is 0 Å². The summed E-state index contributed by atoms with van der Waals surface area (Å²) in [5, 5.41) is 5.33. The molecule has 0 saturated carbocycles. The lowest BCUT2D eigenvalue weighted by atomic mass is 9.82. The summed E-state index contributed by atoms with van der Waals surface area (Å²) in [5.74, 6) is 1.07. The molecule has 9 rings (SSSR count). The van der Waals surface area contributed by atoms with Crippen molar-refractivity contribution in [2.45, 2.75) is 31.6 Å². The number of nitrogens with zero attached hydrogens (tertiary/aromatic N) is 2. The maximum absolute atomic E-state index is 2.54. The van der Waals surface area contributed by atoms with E-state index >= 15 is 0 Å². The average molecular weight is 541 g/mol. The highest BCUT2D eigenvalue weighted by Crippen LogP contribution is 2.44. The fraction of sp³-hybridized carbons (Fsp3) is 0.150. The van der Waals surface area contributed by atoms with E-state index in [2.05, 4.69) is 143 Å². The summed E-state index contributed by atoms with van der Waals surface area (Å²) < 4.78 is 5.00. The summed E-state index contributed by atoms with van der Waals surface area (Å²) in [6.45, 7) is 0. The van der Waals surface area contributed by atoms with Crippen LogP contribution in [-0.4, -0.2) is 9.13 Å². The predicted molar refractivity (Wildman–Crippen MR) is 178 cm³/mol. The molecule has 0 spiro atoms. The van der Waals surface area contributed by atoms with Crippen molar-refractivity contribution in [3.63, 3.8) is 0 Å². The van der Waals surface area contributed by atoms with Crippen LogP contribution in [-0.2, 0) is 0 Å². The van der Waals surface area contributed by atoms with Crippen molar-refractivity contribution in [1.29, 1.82) is 0 Å². The van der Waals surface area contributed by atoms with Crippen molar-refractivity contribution in [3.8, 4) is 5.69 Å². The Bertz CT molecular complexity index is 2190. The molecule has 0 amide bonds. The fourth-order valence-electron chi connectivity index (χ4n) is 7.71. The second-order valence-corrected chi connectivity index (χ2v) is 12.0. The molecule has 2 heterocycles. The highest BCUT2D eigenvalue weighted by atomic mass is 15.0. The minimum absolute atomic E-state index is 0.456. The lowest BCUT2D eigenvalue weighted by molar-refractivity contribution is 0.565. The molecule has 3 aliphatic rings. The molecule has 3 aliphatic carbocycles. The molecule has 2 aromatic heterocycles. The van der Waals surface area contributed by atoms with Crippen LogP contribution in [0.5, 0.6) is 0 Å². The van der Waals surface area contributed by atoms with Crippen LogP contribution in [0.15, 0.2) is 139 Å². The van der Waals surface area contributed by atoms with Crippen LogP contribution in [0.25, 0.3) is 55.0 Å². The second-order valence-electron chi connectivity index (χ2n) is 12.0.